The number of aliphatic hydroxyl groups excluding tert-OH is 1. The van der Waals surface area contributed by atoms with Crippen LogP contribution in [0, 0.1) is 23.7 Å². The number of rotatable bonds is 6. The number of aliphatic hydroxyl groups is 1. The fourth-order valence-corrected chi connectivity index (χ4v) is 1.30. The van der Waals surface area contributed by atoms with E-state index in [9.17, 15) is 4.79 Å². The van der Waals surface area contributed by atoms with Crippen molar-refractivity contribution in [3.63, 3.8) is 0 Å². The normalized spacial score (nSPS) is 11.5. The van der Waals surface area contributed by atoms with E-state index >= 15 is 0 Å². The second kappa shape index (κ2) is 12.5. The molecule has 0 heterocycles. The Morgan fingerprint density at radius 2 is 1.95 bits per heavy atom. The van der Waals surface area contributed by atoms with Crippen molar-refractivity contribution in [3.05, 3.63) is 24.3 Å². The van der Waals surface area contributed by atoms with Gasteiger partial charge in [-0.15, -0.1) is 0 Å². The molecule has 0 spiro atoms. The van der Waals surface area contributed by atoms with Crippen LogP contribution in [0.15, 0.2) is 24.3 Å². The molecule has 0 aliphatic carbocycles. The van der Waals surface area contributed by atoms with Gasteiger partial charge in [0.15, 0.2) is 0 Å². The molecule has 0 aromatic rings. The molecule has 0 saturated heterocycles. The lowest BCUT2D eigenvalue weighted by atomic mass is 10.1. The summed E-state index contributed by atoms with van der Waals surface area (Å²) in [7, 11) is 0. The van der Waals surface area contributed by atoms with E-state index in [1.807, 2.05) is 19.1 Å². The summed E-state index contributed by atoms with van der Waals surface area (Å²) in [5.74, 6) is 10.6. The van der Waals surface area contributed by atoms with Crippen LogP contribution in [0.4, 0.5) is 0 Å². The van der Waals surface area contributed by atoms with Crippen LogP contribution in [-0.2, 0) is 9.53 Å². The topological polar surface area (TPSA) is 46.5 Å². The highest BCUT2D eigenvalue weighted by atomic mass is 16.5. The molecular formula is C16H20O3. The minimum atomic E-state index is -0.318. The predicted octanol–water partition coefficient (Wildman–Crippen LogP) is 2.22. The van der Waals surface area contributed by atoms with Crippen LogP contribution >= 0.6 is 0 Å². The molecule has 0 aromatic heterocycles. The zero-order valence-electron chi connectivity index (χ0n) is 11.5. The summed E-state index contributed by atoms with van der Waals surface area (Å²) in [5.41, 5.74) is 0. The van der Waals surface area contributed by atoms with Crippen LogP contribution in [0.3, 0.4) is 0 Å². The summed E-state index contributed by atoms with van der Waals surface area (Å²) < 4.78 is 5.06. The second-order valence-corrected chi connectivity index (χ2v) is 3.76. The van der Waals surface area contributed by atoms with Crippen molar-refractivity contribution in [2.45, 2.75) is 39.2 Å². The van der Waals surface area contributed by atoms with Crippen molar-refractivity contribution in [1.29, 1.82) is 0 Å². The van der Waals surface area contributed by atoms with Gasteiger partial charge in [-0.25, -0.2) is 0 Å². The highest BCUT2D eigenvalue weighted by Crippen LogP contribution is 2.07. The number of allylic oxidation sites excluding steroid dienone is 4. The molecule has 3 nitrogen and oxygen atoms in total. The fraction of sp³-hybridized carbons (Fsp3) is 0.438. The maximum Gasteiger partial charge on any atom is 0.302 e. The molecule has 0 unspecified atom stereocenters. The first-order valence-corrected chi connectivity index (χ1v) is 6.26. The standard InChI is InChI=1S/C16H20O3/c1-3-4-5-6-7-8-9-10-11-12-16(13-14-17)19-15(2)18/h3-4,9-10,16-17H,11-14H2,1-2H3/b4-3+,10-9+/t16-/m1/s1. The largest absolute Gasteiger partial charge is 0.462 e. The molecule has 0 saturated carbocycles. The minimum absolute atomic E-state index is 0.0159. The molecule has 19 heavy (non-hydrogen) atoms. The van der Waals surface area contributed by atoms with Gasteiger partial charge in [0.2, 0.25) is 0 Å². The van der Waals surface area contributed by atoms with Crippen molar-refractivity contribution in [2.24, 2.45) is 0 Å². The number of hydrogen-bond donors (Lipinski definition) is 1. The molecule has 0 aromatic carbocycles. The first-order valence-electron chi connectivity index (χ1n) is 6.26. The first-order chi connectivity index (χ1) is 9.20. The van der Waals surface area contributed by atoms with Gasteiger partial charge in [0, 0.05) is 20.0 Å². The lowest BCUT2D eigenvalue weighted by Gasteiger charge is -2.14. The van der Waals surface area contributed by atoms with Crippen LogP contribution in [0.25, 0.3) is 0 Å². The zero-order valence-corrected chi connectivity index (χ0v) is 11.5. The van der Waals surface area contributed by atoms with Crippen LogP contribution < -0.4 is 0 Å². The Labute approximate surface area is 115 Å². The Kier molecular flexibility index (Phi) is 11.2. The highest BCUT2D eigenvalue weighted by molar-refractivity contribution is 5.66. The van der Waals surface area contributed by atoms with Gasteiger partial charge < -0.3 is 9.84 Å². The Bertz CT molecular complexity index is 424. The van der Waals surface area contributed by atoms with E-state index in [0.717, 1.165) is 6.42 Å². The van der Waals surface area contributed by atoms with E-state index in [1.54, 1.807) is 12.2 Å². The summed E-state index contributed by atoms with van der Waals surface area (Å²) in [6.45, 7) is 3.28. The van der Waals surface area contributed by atoms with Crippen LogP contribution in [0.5, 0.6) is 0 Å². The highest BCUT2D eigenvalue weighted by Gasteiger charge is 2.09. The van der Waals surface area contributed by atoms with Crippen molar-refractivity contribution in [1.82, 2.24) is 0 Å². The number of esters is 1. The summed E-state index contributed by atoms with van der Waals surface area (Å²) in [5, 5.41) is 8.84. The summed E-state index contributed by atoms with van der Waals surface area (Å²) in [6.07, 6.45) is 8.88. The van der Waals surface area contributed by atoms with Crippen LogP contribution in [0.2, 0.25) is 0 Å². The van der Waals surface area contributed by atoms with Gasteiger partial charge >= 0.3 is 5.97 Å². The molecule has 0 aliphatic rings. The van der Waals surface area contributed by atoms with E-state index in [4.69, 9.17) is 9.84 Å². The third-order valence-corrected chi connectivity index (χ3v) is 2.10. The number of carbonyl (C=O) groups excluding carboxylic acids is 1. The quantitative estimate of drug-likeness (QED) is 0.588. The summed E-state index contributed by atoms with van der Waals surface area (Å²) >= 11 is 0. The molecule has 102 valence electrons. The molecule has 0 bridgehead atoms. The van der Waals surface area contributed by atoms with Gasteiger partial charge in [-0.2, -0.15) is 0 Å². The fourth-order valence-electron chi connectivity index (χ4n) is 1.30. The number of hydrogen-bond acceptors (Lipinski definition) is 3. The molecule has 3 heteroatoms. The first kappa shape index (κ1) is 17.0. The third kappa shape index (κ3) is 12.3. The van der Waals surface area contributed by atoms with Crippen LogP contribution in [-0.4, -0.2) is 23.8 Å². The minimum Gasteiger partial charge on any atom is -0.462 e. The van der Waals surface area contributed by atoms with Crippen molar-refractivity contribution < 1.29 is 14.6 Å². The second-order valence-electron chi connectivity index (χ2n) is 3.76. The van der Waals surface area contributed by atoms with Crippen molar-refractivity contribution >= 4 is 5.97 Å². The average Bonchev–Trinajstić information content (AvgIpc) is 2.36. The Balaban J connectivity index is 3.98. The van der Waals surface area contributed by atoms with E-state index in [0.29, 0.717) is 12.8 Å². The van der Waals surface area contributed by atoms with Gasteiger partial charge in [-0.1, -0.05) is 24.0 Å². The predicted molar refractivity (Wildman–Crippen MR) is 76.0 cm³/mol. The van der Waals surface area contributed by atoms with Crippen LogP contribution in [0.1, 0.15) is 33.1 Å². The van der Waals surface area contributed by atoms with E-state index < -0.39 is 0 Å². The average molecular weight is 260 g/mol. The molecule has 0 amide bonds. The van der Waals surface area contributed by atoms with Gasteiger partial charge in [0.05, 0.1) is 0 Å². The summed E-state index contributed by atoms with van der Waals surface area (Å²) in [6, 6.07) is 0. The molecule has 0 rings (SSSR count). The maximum absolute atomic E-state index is 10.8. The monoisotopic (exact) mass is 260 g/mol. The number of carbonyl (C=O) groups is 1. The Hall–Kier alpha value is -1.97. The smallest absolute Gasteiger partial charge is 0.302 e. The van der Waals surface area contributed by atoms with E-state index in [-0.39, 0.29) is 18.7 Å². The van der Waals surface area contributed by atoms with Gasteiger partial charge in [0.1, 0.15) is 6.10 Å². The molecule has 0 radical (unpaired) electrons. The lowest BCUT2D eigenvalue weighted by Crippen LogP contribution is -2.17. The van der Waals surface area contributed by atoms with Gasteiger partial charge in [-0.3, -0.25) is 4.79 Å². The Morgan fingerprint density at radius 1 is 1.26 bits per heavy atom. The van der Waals surface area contributed by atoms with Gasteiger partial charge in [-0.05, 0) is 43.8 Å². The molecule has 1 N–H and O–H groups in total. The zero-order chi connectivity index (χ0) is 14.3. The molecule has 1 atom stereocenters. The number of ether oxygens (including phenoxy) is 1. The maximum atomic E-state index is 10.8. The lowest BCUT2D eigenvalue weighted by molar-refractivity contribution is -0.147. The SMILES string of the molecule is C/C=C/C#CC#C/C=C/CC[C@H](CCO)OC(C)=O. The molecule has 0 fully saturated rings. The molecule has 0 aliphatic heterocycles. The van der Waals surface area contributed by atoms with Crippen molar-refractivity contribution in [3.8, 4) is 23.7 Å². The Morgan fingerprint density at radius 3 is 2.53 bits per heavy atom. The van der Waals surface area contributed by atoms with E-state index in [2.05, 4.69) is 23.7 Å². The van der Waals surface area contributed by atoms with Gasteiger partial charge in [0.25, 0.3) is 0 Å². The van der Waals surface area contributed by atoms with E-state index in [1.165, 1.54) is 6.92 Å². The molecular weight excluding hydrogens is 240 g/mol. The van der Waals surface area contributed by atoms with Crippen molar-refractivity contribution in [2.75, 3.05) is 6.61 Å². The third-order valence-electron chi connectivity index (χ3n) is 2.10. The summed E-state index contributed by atoms with van der Waals surface area (Å²) in [4.78, 5) is 10.8.